The van der Waals surface area contributed by atoms with Gasteiger partial charge in [-0.25, -0.2) is 4.79 Å². The fourth-order valence-corrected chi connectivity index (χ4v) is 4.15. The molecule has 0 radical (unpaired) electrons. The largest absolute Gasteiger partial charge is 0.490 e. The van der Waals surface area contributed by atoms with Gasteiger partial charge in [-0.3, -0.25) is 9.69 Å². The Kier molecular flexibility index (Phi) is 7.39. The minimum Gasteiger partial charge on any atom is -0.490 e. The van der Waals surface area contributed by atoms with E-state index in [0.717, 1.165) is 38.2 Å². The van der Waals surface area contributed by atoms with Crippen LogP contribution >= 0.6 is 0 Å². The maximum atomic E-state index is 12.7. The average molecular weight is 439 g/mol. The number of morpholine rings is 1. The molecule has 0 aromatic heterocycles. The van der Waals surface area contributed by atoms with Crippen molar-refractivity contribution in [1.82, 2.24) is 9.80 Å². The number of likely N-dealkylation sites (tertiary alicyclic amines) is 1. The monoisotopic (exact) mass is 438 g/mol. The van der Waals surface area contributed by atoms with E-state index in [1.807, 2.05) is 53.4 Å². The van der Waals surface area contributed by atoms with E-state index in [4.69, 9.17) is 14.2 Å². The Hall–Kier alpha value is -2.90. The van der Waals surface area contributed by atoms with E-state index in [-0.39, 0.29) is 18.0 Å². The molecule has 0 atom stereocenters. The normalized spacial score (nSPS) is 17.7. The van der Waals surface area contributed by atoms with Crippen LogP contribution in [0.25, 0.3) is 0 Å². The SMILES string of the molecule is COC(=O)c1ccc(CN2CCC(Oc3cccc(C(=O)N4CCOCC4)c3)CC2)cc1. The van der Waals surface area contributed by atoms with Crippen LogP contribution < -0.4 is 4.74 Å². The highest BCUT2D eigenvalue weighted by Gasteiger charge is 2.22. The van der Waals surface area contributed by atoms with E-state index >= 15 is 0 Å². The van der Waals surface area contributed by atoms with Gasteiger partial charge in [0.2, 0.25) is 0 Å². The van der Waals surface area contributed by atoms with Gasteiger partial charge in [-0.2, -0.15) is 0 Å². The molecule has 170 valence electrons. The first kappa shape index (κ1) is 22.3. The molecule has 0 aliphatic carbocycles. The molecule has 0 unspecified atom stereocenters. The van der Waals surface area contributed by atoms with Crippen LogP contribution in [0.4, 0.5) is 0 Å². The molecule has 0 N–H and O–H groups in total. The molecule has 0 spiro atoms. The molecule has 2 aromatic carbocycles. The summed E-state index contributed by atoms with van der Waals surface area (Å²) >= 11 is 0. The van der Waals surface area contributed by atoms with Crippen LogP contribution in [0.5, 0.6) is 5.75 Å². The van der Waals surface area contributed by atoms with Crippen molar-refractivity contribution >= 4 is 11.9 Å². The Morgan fingerprint density at radius 2 is 1.69 bits per heavy atom. The first-order valence-electron chi connectivity index (χ1n) is 11.2. The third-order valence-corrected chi connectivity index (χ3v) is 6.00. The summed E-state index contributed by atoms with van der Waals surface area (Å²) in [5.41, 5.74) is 2.40. The number of methoxy groups -OCH3 is 1. The predicted octanol–water partition coefficient (Wildman–Crippen LogP) is 2.99. The zero-order valence-corrected chi connectivity index (χ0v) is 18.5. The lowest BCUT2D eigenvalue weighted by Crippen LogP contribution is -2.40. The summed E-state index contributed by atoms with van der Waals surface area (Å²) in [6, 6.07) is 15.1. The van der Waals surface area contributed by atoms with Crippen LogP contribution in [0.1, 0.15) is 39.1 Å². The highest BCUT2D eigenvalue weighted by atomic mass is 16.5. The van der Waals surface area contributed by atoms with E-state index in [1.165, 1.54) is 12.7 Å². The number of rotatable bonds is 6. The number of piperidine rings is 1. The molecule has 1 amide bonds. The van der Waals surface area contributed by atoms with Gasteiger partial charge in [0.05, 0.1) is 25.9 Å². The van der Waals surface area contributed by atoms with Crippen LogP contribution in [-0.2, 0) is 16.0 Å². The Morgan fingerprint density at radius 3 is 2.38 bits per heavy atom. The van der Waals surface area contributed by atoms with Gasteiger partial charge in [0.25, 0.3) is 5.91 Å². The number of hydrogen-bond acceptors (Lipinski definition) is 6. The van der Waals surface area contributed by atoms with E-state index < -0.39 is 0 Å². The van der Waals surface area contributed by atoms with Crippen molar-refractivity contribution in [2.24, 2.45) is 0 Å². The van der Waals surface area contributed by atoms with Crippen molar-refractivity contribution in [2.45, 2.75) is 25.5 Å². The first-order chi connectivity index (χ1) is 15.6. The summed E-state index contributed by atoms with van der Waals surface area (Å²) in [7, 11) is 1.39. The number of benzene rings is 2. The predicted molar refractivity (Wildman–Crippen MR) is 120 cm³/mol. The maximum absolute atomic E-state index is 12.7. The number of carbonyl (C=O) groups excluding carboxylic acids is 2. The number of nitrogens with zero attached hydrogens (tertiary/aromatic N) is 2. The minimum absolute atomic E-state index is 0.0341. The van der Waals surface area contributed by atoms with Crippen LogP contribution in [0, 0.1) is 0 Å². The molecule has 2 aliphatic heterocycles. The minimum atomic E-state index is -0.315. The van der Waals surface area contributed by atoms with Crippen molar-refractivity contribution in [2.75, 3.05) is 46.5 Å². The third-order valence-electron chi connectivity index (χ3n) is 6.00. The molecule has 2 aromatic rings. The van der Waals surface area contributed by atoms with Gasteiger partial charge in [-0.05, 0) is 48.7 Å². The van der Waals surface area contributed by atoms with Crippen molar-refractivity contribution in [3.8, 4) is 5.75 Å². The fraction of sp³-hybridized carbons (Fsp3) is 0.440. The van der Waals surface area contributed by atoms with Crippen LogP contribution in [0.15, 0.2) is 48.5 Å². The topological polar surface area (TPSA) is 68.3 Å². The molecule has 0 bridgehead atoms. The summed E-state index contributed by atoms with van der Waals surface area (Å²) in [6.45, 7) is 5.18. The molecule has 2 saturated heterocycles. The smallest absolute Gasteiger partial charge is 0.337 e. The Bertz CT molecular complexity index is 916. The summed E-state index contributed by atoms with van der Waals surface area (Å²) < 4.78 is 16.3. The first-order valence-corrected chi connectivity index (χ1v) is 11.2. The van der Waals surface area contributed by atoms with E-state index in [1.54, 1.807) is 0 Å². The van der Waals surface area contributed by atoms with E-state index in [0.29, 0.717) is 37.4 Å². The number of hydrogen-bond donors (Lipinski definition) is 0. The number of esters is 1. The van der Waals surface area contributed by atoms with Gasteiger partial charge in [0, 0.05) is 38.3 Å². The second-order valence-corrected chi connectivity index (χ2v) is 8.21. The highest BCUT2D eigenvalue weighted by Crippen LogP contribution is 2.22. The Morgan fingerprint density at radius 1 is 0.969 bits per heavy atom. The van der Waals surface area contributed by atoms with Crippen molar-refractivity contribution in [1.29, 1.82) is 0 Å². The number of amides is 1. The molecule has 2 heterocycles. The van der Waals surface area contributed by atoms with Gasteiger partial charge in [0.15, 0.2) is 0 Å². The molecule has 2 aliphatic rings. The maximum Gasteiger partial charge on any atom is 0.337 e. The molecule has 7 nitrogen and oxygen atoms in total. The molecule has 0 saturated carbocycles. The quantitative estimate of drug-likeness (QED) is 0.646. The highest BCUT2D eigenvalue weighted by molar-refractivity contribution is 5.94. The zero-order valence-electron chi connectivity index (χ0n) is 18.5. The van der Waals surface area contributed by atoms with Crippen LogP contribution in [0.3, 0.4) is 0 Å². The van der Waals surface area contributed by atoms with E-state index in [2.05, 4.69) is 4.90 Å². The average Bonchev–Trinajstić information content (AvgIpc) is 2.85. The second kappa shape index (κ2) is 10.6. The summed E-state index contributed by atoms with van der Waals surface area (Å²) in [5, 5.41) is 0. The van der Waals surface area contributed by atoms with Crippen molar-refractivity contribution < 1.29 is 23.8 Å². The third kappa shape index (κ3) is 5.66. The summed E-state index contributed by atoms with van der Waals surface area (Å²) in [5.74, 6) is 0.470. The lowest BCUT2D eigenvalue weighted by molar-refractivity contribution is 0.0302. The summed E-state index contributed by atoms with van der Waals surface area (Å²) in [4.78, 5) is 28.5. The molecule has 2 fully saturated rings. The Balaban J connectivity index is 1.27. The molecule has 32 heavy (non-hydrogen) atoms. The number of ether oxygens (including phenoxy) is 3. The molecule has 7 heteroatoms. The van der Waals surface area contributed by atoms with E-state index in [9.17, 15) is 9.59 Å². The van der Waals surface area contributed by atoms with Crippen molar-refractivity contribution in [3.05, 3.63) is 65.2 Å². The van der Waals surface area contributed by atoms with Gasteiger partial charge in [-0.15, -0.1) is 0 Å². The standard InChI is InChI=1S/C25H30N2O5/c1-30-25(29)20-7-5-19(6-8-20)18-26-11-9-22(10-12-26)32-23-4-2-3-21(17-23)24(28)27-13-15-31-16-14-27/h2-8,17,22H,9-16,18H2,1H3. The zero-order chi connectivity index (χ0) is 22.3. The number of carbonyl (C=O) groups is 2. The van der Waals surface area contributed by atoms with Gasteiger partial charge >= 0.3 is 5.97 Å². The molecular weight excluding hydrogens is 408 g/mol. The second-order valence-electron chi connectivity index (χ2n) is 8.21. The molecule has 4 rings (SSSR count). The Labute approximate surface area is 188 Å². The van der Waals surface area contributed by atoms with Crippen molar-refractivity contribution in [3.63, 3.8) is 0 Å². The van der Waals surface area contributed by atoms with Crippen LogP contribution in [0.2, 0.25) is 0 Å². The van der Waals surface area contributed by atoms with Gasteiger partial charge < -0.3 is 19.1 Å². The van der Waals surface area contributed by atoms with Crippen LogP contribution in [-0.4, -0.2) is 74.3 Å². The lowest BCUT2D eigenvalue weighted by atomic mass is 10.1. The lowest BCUT2D eigenvalue weighted by Gasteiger charge is -2.32. The fourth-order valence-electron chi connectivity index (χ4n) is 4.15. The summed E-state index contributed by atoms with van der Waals surface area (Å²) in [6.07, 6.45) is 2.01. The van der Waals surface area contributed by atoms with Gasteiger partial charge in [0.1, 0.15) is 11.9 Å². The molecular formula is C25H30N2O5. The van der Waals surface area contributed by atoms with Gasteiger partial charge in [-0.1, -0.05) is 18.2 Å².